The lowest BCUT2D eigenvalue weighted by molar-refractivity contribution is 0.129. The molecule has 0 bridgehead atoms. The highest BCUT2D eigenvalue weighted by Gasteiger charge is 2.35. The fourth-order valence-corrected chi connectivity index (χ4v) is 5.55. The van der Waals surface area contributed by atoms with Crippen molar-refractivity contribution in [2.75, 3.05) is 13.1 Å². The van der Waals surface area contributed by atoms with Gasteiger partial charge in [-0.1, -0.05) is 11.6 Å². The Bertz CT molecular complexity index is 927. The van der Waals surface area contributed by atoms with Gasteiger partial charge >= 0.3 is 0 Å². The van der Waals surface area contributed by atoms with E-state index in [1.807, 2.05) is 20.8 Å². The topological polar surface area (TPSA) is 77.3 Å². The van der Waals surface area contributed by atoms with Crippen molar-refractivity contribution < 1.29 is 13.2 Å². The van der Waals surface area contributed by atoms with E-state index in [2.05, 4.69) is 10.1 Å². The Kier molecular flexibility index (Phi) is 5.79. The Labute approximate surface area is 165 Å². The van der Waals surface area contributed by atoms with Crippen molar-refractivity contribution in [1.29, 1.82) is 0 Å². The minimum Gasteiger partial charge on any atom is -0.487 e. The zero-order valence-corrected chi connectivity index (χ0v) is 17.6. The monoisotopic (exact) mass is 412 g/mol. The minimum absolute atomic E-state index is 0.0962. The normalized spacial score (nSPS) is 18.8. The van der Waals surface area contributed by atoms with Crippen LogP contribution < -0.4 is 4.74 Å². The molecule has 0 spiro atoms. The molecule has 3 heterocycles. The Morgan fingerprint density at radius 2 is 2.07 bits per heavy atom. The Balaban J connectivity index is 1.84. The van der Waals surface area contributed by atoms with E-state index < -0.39 is 10.0 Å². The van der Waals surface area contributed by atoms with Crippen molar-refractivity contribution in [3.05, 3.63) is 34.9 Å². The summed E-state index contributed by atoms with van der Waals surface area (Å²) in [4.78, 5) is 4.24. The fourth-order valence-electron chi connectivity index (χ4n) is 3.51. The van der Waals surface area contributed by atoms with Crippen molar-refractivity contribution >= 4 is 21.6 Å². The number of aromatic nitrogens is 3. The molecule has 0 amide bonds. The van der Waals surface area contributed by atoms with Gasteiger partial charge < -0.3 is 4.74 Å². The molecule has 1 fully saturated rings. The third-order valence-corrected chi connectivity index (χ3v) is 7.12. The van der Waals surface area contributed by atoms with E-state index in [0.717, 1.165) is 12.8 Å². The summed E-state index contributed by atoms with van der Waals surface area (Å²) < 4.78 is 35.8. The standard InChI is InChI=1S/C18H25ClN4O3S/c1-12(2)23-14(4)18(13(3)21-23)27(24,25)22-9-5-6-15(11-22)26-17-7-8-20-10-16(17)19/h7-8,10,12,15H,5-6,9,11H2,1-4H3. The molecule has 1 atom stereocenters. The summed E-state index contributed by atoms with van der Waals surface area (Å²) in [5.41, 5.74) is 1.20. The predicted molar refractivity (Wildman–Crippen MR) is 104 cm³/mol. The molecule has 7 nitrogen and oxygen atoms in total. The van der Waals surface area contributed by atoms with Crippen LogP contribution >= 0.6 is 11.6 Å². The lowest BCUT2D eigenvalue weighted by Gasteiger charge is -2.32. The molecule has 2 aromatic rings. The number of piperidine rings is 1. The van der Waals surface area contributed by atoms with E-state index >= 15 is 0 Å². The quantitative estimate of drug-likeness (QED) is 0.752. The van der Waals surface area contributed by atoms with Crippen LogP contribution in [0.3, 0.4) is 0 Å². The molecule has 0 radical (unpaired) electrons. The molecule has 1 saturated heterocycles. The molecule has 1 aliphatic heterocycles. The molecular formula is C18H25ClN4O3S. The number of pyridine rings is 1. The van der Waals surface area contributed by atoms with Gasteiger partial charge in [-0.05, 0) is 40.5 Å². The molecule has 27 heavy (non-hydrogen) atoms. The van der Waals surface area contributed by atoms with Gasteiger partial charge in [0.05, 0.1) is 17.9 Å². The largest absolute Gasteiger partial charge is 0.487 e. The molecule has 3 rings (SSSR count). The Hall–Kier alpha value is -1.64. The first-order chi connectivity index (χ1) is 12.7. The van der Waals surface area contributed by atoms with Crippen molar-refractivity contribution in [3.8, 4) is 5.75 Å². The van der Waals surface area contributed by atoms with E-state index in [1.54, 1.807) is 23.9 Å². The lowest BCUT2D eigenvalue weighted by atomic mass is 10.1. The van der Waals surface area contributed by atoms with Crippen LogP contribution in [0.15, 0.2) is 23.4 Å². The molecule has 9 heteroatoms. The van der Waals surface area contributed by atoms with Gasteiger partial charge in [0.25, 0.3) is 0 Å². The number of hydrogen-bond donors (Lipinski definition) is 0. The van der Waals surface area contributed by atoms with E-state index in [9.17, 15) is 8.42 Å². The zero-order valence-electron chi connectivity index (χ0n) is 16.0. The first kappa shape index (κ1) is 20.1. The van der Waals surface area contributed by atoms with E-state index in [4.69, 9.17) is 16.3 Å². The van der Waals surface area contributed by atoms with Crippen LogP contribution in [0.5, 0.6) is 5.75 Å². The van der Waals surface area contributed by atoms with Gasteiger partial charge in [0.1, 0.15) is 21.8 Å². The van der Waals surface area contributed by atoms with Crippen molar-refractivity contribution in [3.63, 3.8) is 0 Å². The van der Waals surface area contributed by atoms with Crippen LogP contribution in [0, 0.1) is 13.8 Å². The molecule has 0 saturated carbocycles. The molecule has 148 valence electrons. The van der Waals surface area contributed by atoms with Gasteiger partial charge in [-0.15, -0.1) is 0 Å². The summed E-state index contributed by atoms with van der Waals surface area (Å²) >= 11 is 6.11. The second-order valence-electron chi connectivity index (χ2n) is 7.09. The Morgan fingerprint density at radius 1 is 1.33 bits per heavy atom. The third kappa shape index (κ3) is 3.97. The first-order valence-corrected chi connectivity index (χ1v) is 10.9. The smallest absolute Gasteiger partial charge is 0.246 e. The zero-order chi connectivity index (χ0) is 19.8. The van der Waals surface area contributed by atoms with Gasteiger partial charge in [-0.3, -0.25) is 9.67 Å². The molecule has 0 N–H and O–H groups in total. The first-order valence-electron chi connectivity index (χ1n) is 9.03. The van der Waals surface area contributed by atoms with Crippen LogP contribution in [0.2, 0.25) is 5.02 Å². The summed E-state index contributed by atoms with van der Waals surface area (Å²) in [6, 6.07) is 1.79. The SMILES string of the molecule is Cc1nn(C(C)C)c(C)c1S(=O)(=O)N1CCCC(Oc2ccncc2Cl)C1. The minimum atomic E-state index is -3.65. The van der Waals surface area contributed by atoms with E-state index in [1.165, 1.54) is 10.5 Å². The van der Waals surface area contributed by atoms with Crippen LogP contribution in [0.1, 0.15) is 44.1 Å². The molecule has 0 aliphatic carbocycles. The van der Waals surface area contributed by atoms with Gasteiger partial charge in [0.15, 0.2) is 0 Å². The second kappa shape index (κ2) is 7.77. The van der Waals surface area contributed by atoms with Gasteiger partial charge in [-0.25, -0.2) is 8.42 Å². The van der Waals surface area contributed by atoms with Crippen LogP contribution in [-0.2, 0) is 10.0 Å². The summed E-state index contributed by atoms with van der Waals surface area (Å²) in [5.74, 6) is 0.524. The number of hydrogen-bond acceptors (Lipinski definition) is 5. The van der Waals surface area contributed by atoms with Gasteiger partial charge in [-0.2, -0.15) is 9.40 Å². The van der Waals surface area contributed by atoms with Crippen molar-refractivity contribution in [2.45, 2.75) is 57.6 Å². The fraction of sp³-hybridized carbons (Fsp3) is 0.556. The van der Waals surface area contributed by atoms with Gasteiger partial charge in [0, 0.05) is 31.0 Å². The number of ether oxygens (including phenoxy) is 1. The summed E-state index contributed by atoms with van der Waals surface area (Å²) in [5, 5.41) is 4.84. The highest BCUT2D eigenvalue weighted by atomic mass is 35.5. The van der Waals surface area contributed by atoms with Crippen LogP contribution in [-0.4, -0.2) is 46.7 Å². The number of aryl methyl sites for hydroxylation is 1. The second-order valence-corrected chi connectivity index (χ2v) is 9.37. The van der Waals surface area contributed by atoms with E-state index in [0.29, 0.717) is 33.6 Å². The maximum atomic E-state index is 13.3. The van der Waals surface area contributed by atoms with E-state index in [-0.39, 0.29) is 18.7 Å². The molecule has 1 aliphatic rings. The molecular weight excluding hydrogens is 388 g/mol. The Morgan fingerprint density at radius 3 is 2.70 bits per heavy atom. The highest BCUT2D eigenvalue weighted by Crippen LogP contribution is 2.30. The number of rotatable bonds is 5. The average Bonchev–Trinajstić information content (AvgIpc) is 2.92. The molecule has 1 unspecified atom stereocenters. The number of halogens is 1. The summed E-state index contributed by atoms with van der Waals surface area (Å²) in [6.07, 6.45) is 4.36. The third-order valence-electron chi connectivity index (χ3n) is 4.72. The van der Waals surface area contributed by atoms with Crippen LogP contribution in [0.25, 0.3) is 0 Å². The van der Waals surface area contributed by atoms with Crippen molar-refractivity contribution in [2.24, 2.45) is 0 Å². The average molecular weight is 413 g/mol. The lowest BCUT2D eigenvalue weighted by Crippen LogP contribution is -2.44. The molecule has 0 aromatic carbocycles. The van der Waals surface area contributed by atoms with Crippen molar-refractivity contribution in [1.82, 2.24) is 19.1 Å². The highest BCUT2D eigenvalue weighted by molar-refractivity contribution is 7.89. The summed E-state index contributed by atoms with van der Waals surface area (Å²) in [6.45, 7) is 8.28. The van der Waals surface area contributed by atoms with Gasteiger partial charge in [0.2, 0.25) is 10.0 Å². The summed E-state index contributed by atoms with van der Waals surface area (Å²) in [7, 11) is -3.65. The maximum absolute atomic E-state index is 13.3. The maximum Gasteiger partial charge on any atom is 0.246 e. The predicted octanol–water partition coefficient (Wildman–Crippen LogP) is 3.36. The number of sulfonamides is 1. The molecule has 2 aromatic heterocycles. The number of nitrogens with zero attached hydrogens (tertiary/aromatic N) is 4. The van der Waals surface area contributed by atoms with Crippen LogP contribution in [0.4, 0.5) is 0 Å².